The van der Waals surface area contributed by atoms with Gasteiger partial charge in [0, 0.05) is 17.7 Å². The van der Waals surface area contributed by atoms with Gasteiger partial charge in [0.2, 0.25) is 5.78 Å². The number of rotatable bonds is 11. The van der Waals surface area contributed by atoms with E-state index in [2.05, 4.69) is 5.32 Å². The van der Waals surface area contributed by atoms with E-state index in [1.54, 1.807) is 32.0 Å². The molecular formula is C24H29NO8. The third-order valence-electron chi connectivity index (χ3n) is 4.88. The molecule has 0 aliphatic carbocycles. The van der Waals surface area contributed by atoms with Gasteiger partial charge in [-0.1, -0.05) is 13.8 Å². The molecule has 9 heteroatoms. The Hall–Kier alpha value is -3.75. The van der Waals surface area contributed by atoms with Crippen molar-refractivity contribution in [2.24, 2.45) is 5.92 Å². The SMILES string of the molecule is COc1cc(OC)cc(C(=O)N[C@H](C(=O)OCC(=O)c2ccc(OC)cc2OC)C(C)C)c1. The lowest BCUT2D eigenvalue weighted by atomic mass is 10.0. The number of benzene rings is 2. The molecule has 0 aliphatic heterocycles. The van der Waals surface area contributed by atoms with Crippen molar-refractivity contribution < 1.29 is 38.1 Å². The van der Waals surface area contributed by atoms with Gasteiger partial charge in [-0.2, -0.15) is 0 Å². The van der Waals surface area contributed by atoms with E-state index in [1.807, 2.05) is 0 Å². The van der Waals surface area contributed by atoms with Gasteiger partial charge in [-0.05, 0) is 30.2 Å². The second-order valence-corrected chi connectivity index (χ2v) is 7.39. The van der Waals surface area contributed by atoms with Gasteiger partial charge >= 0.3 is 5.97 Å². The van der Waals surface area contributed by atoms with Crippen LogP contribution < -0.4 is 24.3 Å². The molecule has 1 amide bonds. The summed E-state index contributed by atoms with van der Waals surface area (Å²) in [6.45, 7) is 3.01. The van der Waals surface area contributed by atoms with Crippen LogP contribution in [0.25, 0.3) is 0 Å². The van der Waals surface area contributed by atoms with Crippen LogP contribution in [-0.4, -0.2) is 58.7 Å². The molecular weight excluding hydrogens is 430 g/mol. The Morgan fingerprint density at radius 1 is 0.818 bits per heavy atom. The number of carbonyl (C=O) groups excluding carboxylic acids is 3. The van der Waals surface area contributed by atoms with E-state index in [9.17, 15) is 14.4 Å². The number of hydrogen-bond donors (Lipinski definition) is 1. The molecule has 178 valence electrons. The average molecular weight is 459 g/mol. The number of amides is 1. The van der Waals surface area contributed by atoms with Crippen molar-refractivity contribution in [3.63, 3.8) is 0 Å². The smallest absolute Gasteiger partial charge is 0.329 e. The van der Waals surface area contributed by atoms with Crippen LogP contribution in [0.2, 0.25) is 0 Å². The van der Waals surface area contributed by atoms with Crippen LogP contribution in [0.3, 0.4) is 0 Å². The molecule has 0 fully saturated rings. The first-order valence-electron chi connectivity index (χ1n) is 10.2. The molecule has 2 aromatic rings. The van der Waals surface area contributed by atoms with Crippen LogP contribution in [0, 0.1) is 5.92 Å². The molecule has 0 aromatic heterocycles. The summed E-state index contributed by atoms with van der Waals surface area (Å²) in [4.78, 5) is 38.1. The van der Waals surface area contributed by atoms with Gasteiger partial charge in [-0.25, -0.2) is 4.79 Å². The Balaban J connectivity index is 2.10. The van der Waals surface area contributed by atoms with Gasteiger partial charge in [0.05, 0.1) is 34.0 Å². The van der Waals surface area contributed by atoms with E-state index >= 15 is 0 Å². The first-order chi connectivity index (χ1) is 15.7. The minimum atomic E-state index is -0.972. The highest BCUT2D eigenvalue weighted by molar-refractivity contribution is 6.01. The van der Waals surface area contributed by atoms with Crippen molar-refractivity contribution in [1.29, 1.82) is 0 Å². The molecule has 1 N–H and O–H groups in total. The highest BCUT2D eigenvalue weighted by Crippen LogP contribution is 2.25. The lowest BCUT2D eigenvalue weighted by molar-refractivity contribution is -0.145. The van der Waals surface area contributed by atoms with E-state index in [-0.39, 0.29) is 17.0 Å². The summed E-state index contributed by atoms with van der Waals surface area (Å²) in [7, 11) is 5.87. The van der Waals surface area contributed by atoms with Crippen molar-refractivity contribution in [3.8, 4) is 23.0 Å². The fourth-order valence-electron chi connectivity index (χ4n) is 2.99. The third kappa shape index (κ3) is 6.61. The zero-order valence-corrected chi connectivity index (χ0v) is 19.6. The molecule has 0 unspecified atom stereocenters. The molecule has 9 nitrogen and oxygen atoms in total. The Morgan fingerprint density at radius 3 is 1.94 bits per heavy atom. The largest absolute Gasteiger partial charge is 0.497 e. The lowest BCUT2D eigenvalue weighted by Gasteiger charge is -2.21. The molecule has 0 heterocycles. The van der Waals surface area contributed by atoms with Gasteiger partial charge in [0.15, 0.2) is 6.61 Å². The number of esters is 1. The van der Waals surface area contributed by atoms with E-state index in [0.717, 1.165) is 0 Å². The highest BCUT2D eigenvalue weighted by atomic mass is 16.5. The van der Waals surface area contributed by atoms with E-state index in [1.165, 1.54) is 46.6 Å². The van der Waals surface area contributed by atoms with Crippen LogP contribution in [-0.2, 0) is 9.53 Å². The van der Waals surface area contributed by atoms with Crippen molar-refractivity contribution >= 4 is 17.7 Å². The van der Waals surface area contributed by atoms with E-state index in [0.29, 0.717) is 23.0 Å². The van der Waals surface area contributed by atoms with Gasteiger partial charge in [-0.15, -0.1) is 0 Å². The van der Waals surface area contributed by atoms with Crippen LogP contribution in [0.5, 0.6) is 23.0 Å². The van der Waals surface area contributed by atoms with E-state index in [4.69, 9.17) is 23.7 Å². The Bertz CT molecular complexity index is 980. The molecule has 0 saturated carbocycles. The van der Waals surface area contributed by atoms with Gasteiger partial charge < -0.3 is 29.0 Å². The molecule has 0 saturated heterocycles. The maximum atomic E-state index is 12.8. The molecule has 0 radical (unpaired) electrons. The molecule has 2 rings (SSSR count). The topological polar surface area (TPSA) is 109 Å². The van der Waals surface area contributed by atoms with Crippen LogP contribution in [0.15, 0.2) is 36.4 Å². The van der Waals surface area contributed by atoms with E-state index < -0.39 is 30.3 Å². The zero-order valence-electron chi connectivity index (χ0n) is 19.6. The molecule has 0 bridgehead atoms. The summed E-state index contributed by atoms with van der Waals surface area (Å²) < 4.78 is 25.9. The maximum Gasteiger partial charge on any atom is 0.329 e. The van der Waals surface area contributed by atoms with Crippen molar-refractivity contribution in [1.82, 2.24) is 5.32 Å². The maximum absolute atomic E-state index is 12.8. The minimum Gasteiger partial charge on any atom is -0.497 e. The summed E-state index contributed by atoms with van der Waals surface area (Å²) in [5.41, 5.74) is 0.503. The standard InChI is InChI=1S/C24H29NO8/c1-14(2)22(25-23(27)15-9-17(30-4)11-18(10-15)31-5)24(28)33-13-20(26)19-8-7-16(29-3)12-21(19)32-6/h7-12,14,22H,13H2,1-6H3,(H,25,27)/t22-/m0/s1. The van der Waals surface area contributed by atoms with Gasteiger partial charge in [-0.3, -0.25) is 9.59 Å². The summed E-state index contributed by atoms with van der Waals surface area (Å²) in [6, 6.07) is 8.42. The average Bonchev–Trinajstić information content (AvgIpc) is 2.84. The summed E-state index contributed by atoms with van der Waals surface area (Å²) >= 11 is 0. The number of ketones is 1. The molecule has 33 heavy (non-hydrogen) atoms. The number of Topliss-reactive ketones (excluding diaryl/α,β-unsaturated/α-hetero) is 1. The number of nitrogens with one attached hydrogen (secondary N) is 1. The van der Waals surface area contributed by atoms with Crippen molar-refractivity contribution in [2.75, 3.05) is 35.0 Å². The lowest BCUT2D eigenvalue weighted by Crippen LogP contribution is -2.45. The predicted molar refractivity (Wildman–Crippen MR) is 120 cm³/mol. The summed E-state index contributed by atoms with van der Waals surface area (Å²) in [6.07, 6.45) is 0. The predicted octanol–water partition coefficient (Wildman–Crippen LogP) is 2.90. The Labute approximate surface area is 192 Å². The fourth-order valence-corrected chi connectivity index (χ4v) is 2.99. The normalized spacial score (nSPS) is 11.4. The Morgan fingerprint density at radius 2 is 1.42 bits per heavy atom. The van der Waals surface area contributed by atoms with Crippen molar-refractivity contribution in [3.05, 3.63) is 47.5 Å². The summed E-state index contributed by atoms with van der Waals surface area (Å²) in [5.74, 6) is -0.286. The fraction of sp³-hybridized carbons (Fsp3) is 0.375. The van der Waals surface area contributed by atoms with Gasteiger partial charge in [0.25, 0.3) is 5.91 Å². The number of hydrogen-bond acceptors (Lipinski definition) is 8. The van der Waals surface area contributed by atoms with Gasteiger partial charge in [0.1, 0.15) is 29.0 Å². The van der Waals surface area contributed by atoms with Crippen molar-refractivity contribution in [2.45, 2.75) is 19.9 Å². The quantitative estimate of drug-likeness (QED) is 0.404. The third-order valence-corrected chi connectivity index (χ3v) is 4.88. The molecule has 0 aliphatic rings. The minimum absolute atomic E-state index is 0.250. The highest BCUT2D eigenvalue weighted by Gasteiger charge is 2.27. The van der Waals surface area contributed by atoms with Crippen LogP contribution in [0.1, 0.15) is 34.6 Å². The second-order valence-electron chi connectivity index (χ2n) is 7.39. The first-order valence-corrected chi connectivity index (χ1v) is 10.2. The van der Waals surface area contributed by atoms with Crippen LogP contribution in [0.4, 0.5) is 0 Å². The second kappa shape index (κ2) is 11.8. The number of methoxy groups -OCH3 is 4. The molecule has 1 atom stereocenters. The number of ether oxygens (including phenoxy) is 5. The molecule has 2 aromatic carbocycles. The zero-order chi connectivity index (χ0) is 24.5. The first kappa shape index (κ1) is 25.5. The molecule has 0 spiro atoms. The van der Waals surface area contributed by atoms with Crippen LogP contribution >= 0.6 is 0 Å². The Kier molecular flexibility index (Phi) is 9.08. The number of carbonyl (C=O) groups is 3. The summed E-state index contributed by atoms with van der Waals surface area (Å²) in [5, 5.41) is 2.66. The monoisotopic (exact) mass is 459 g/mol.